The van der Waals surface area contributed by atoms with E-state index in [0.29, 0.717) is 36.0 Å². The summed E-state index contributed by atoms with van der Waals surface area (Å²) < 4.78 is 6.38. The Kier molecular flexibility index (Phi) is 12.0. The molecule has 11 atom stereocenters. The van der Waals surface area contributed by atoms with Gasteiger partial charge in [-0.05, 0) is 109 Å². The van der Waals surface area contributed by atoms with Crippen molar-refractivity contribution in [3.8, 4) is 0 Å². The van der Waals surface area contributed by atoms with E-state index < -0.39 is 0 Å². The summed E-state index contributed by atoms with van der Waals surface area (Å²) in [6.07, 6.45) is 25.5. The molecule has 0 aromatic carbocycles. The van der Waals surface area contributed by atoms with Gasteiger partial charge in [-0.2, -0.15) is 0 Å². The van der Waals surface area contributed by atoms with Gasteiger partial charge < -0.3 is 14.9 Å². The van der Waals surface area contributed by atoms with Crippen LogP contribution in [0.4, 0.5) is 0 Å². The molecule has 5 aliphatic carbocycles. The monoisotopic (exact) mass is 669 g/mol. The number of carbonyl (C=O) groups excluding carboxylic acids is 1. The fraction of sp³-hybridized carbons (Fsp3) is 0.932. The second kappa shape index (κ2) is 15.0. The summed E-state index contributed by atoms with van der Waals surface area (Å²) in [7, 11) is 0. The highest BCUT2D eigenvalue weighted by Crippen LogP contribution is 2.76. The van der Waals surface area contributed by atoms with E-state index in [-0.39, 0.29) is 51.9 Å². The number of unbranched alkanes of at least 4 members (excludes halogenated alkanes) is 10. The molecule has 0 aliphatic heterocycles. The molecule has 4 nitrogen and oxygen atoms in total. The minimum absolute atomic E-state index is 0.0102. The Balaban J connectivity index is 1.19. The minimum Gasteiger partial charge on any atom is -0.462 e. The highest BCUT2D eigenvalue weighted by molar-refractivity contribution is 5.69. The molecule has 5 aliphatic rings. The second-order valence-electron chi connectivity index (χ2n) is 19.5. The zero-order valence-corrected chi connectivity index (χ0v) is 32.7. The highest BCUT2D eigenvalue weighted by Gasteiger charge is 2.71. The Morgan fingerprint density at radius 1 is 0.792 bits per heavy atom. The van der Waals surface area contributed by atoms with Crippen LogP contribution in [0, 0.1) is 56.7 Å². The molecule has 0 bridgehead atoms. The predicted molar refractivity (Wildman–Crippen MR) is 198 cm³/mol. The number of aliphatic hydroxyl groups is 2. The molecule has 5 rings (SSSR count). The number of aliphatic hydroxyl groups excluding tert-OH is 2. The summed E-state index contributed by atoms with van der Waals surface area (Å²) in [4.78, 5) is 13.2. The van der Waals surface area contributed by atoms with Crippen molar-refractivity contribution in [2.45, 2.75) is 196 Å². The maximum atomic E-state index is 13.2. The Morgan fingerprint density at radius 3 is 2.04 bits per heavy atom. The smallest absolute Gasteiger partial charge is 0.306 e. The van der Waals surface area contributed by atoms with Crippen molar-refractivity contribution in [1.82, 2.24) is 0 Å². The molecule has 0 radical (unpaired) electrons. The van der Waals surface area contributed by atoms with Gasteiger partial charge in [-0.3, -0.25) is 4.79 Å². The molecule has 4 heteroatoms. The molecule has 0 spiro atoms. The number of allylic oxidation sites excluding steroid dienone is 1. The number of carbonyl (C=O) groups is 1. The number of hydrogen-bond acceptors (Lipinski definition) is 4. The number of rotatable bonds is 14. The summed E-state index contributed by atoms with van der Waals surface area (Å²) in [6.45, 7) is 19.7. The molecule has 4 fully saturated rings. The lowest BCUT2D eigenvalue weighted by molar-refractivity contribution is -0.268. The molecule has 4 saturated carbocycles. The van der Waals surface area contributed by atoms with Crippen molar-refractivity contribution in [2.24, 2.45) is 56.7 Å². The molecule has 0 heterocycles. The summed E-state index contributed by atoms with van der Waals surface area (Å²) in [5.74, 6) is 2.47. The molecule has 48 heavy (non-hydrogen) atoms. The van der Waals surface area contributed by atoms with Crippen LogP contribution >= 0.6 is 0 Å². The maximum absolute atomic E-state index is 13.2. The molecule has 0 aromatic heterocycles. The Morgan fingerprint density at radius 2 is 1.42 bits per heavy atom. The number of esters is 1. The summed E-state index contributed by atoms with van der Waals surface area (Å²) in [5.41, 5.74) is 1.49. The van der Waals surface area contributed by atoms with Gasteiger partial charge in [0.05, 0.1) is 12.7 Å². The predicted octanol–water partition coefficient (Wildman–Crippen LogP) is 11.2. The first kappa shape index (κ1) is 38.4. The van der Waals surface area contributed by atoms with Crippen LogP contribution in [0.1, 0.15) is 184 Å². The van der Waals surface area contributed by atoms with E-state index in [9.17, 15) is 15.0 Å². The Labute approximate surface area is 296 Å². The molecule has 11 unspecified atom stereocenters. The molecule has 0 aromatic rings. The van der Waals surface area contributed by atoms with E-state index in [2.05, 4.69) is 61.5 Å². The Bertz CT molecular complexity index is 1130. The van der Waals surface area contributed by atoms with Crippen LogP contribution < -0.4 is 0 Å². The third-order valence-electron chi connectivity index (χ3n) is 16.8. The Hall–Kier alpha value is -0.870. The third-order valence-corrected chi connectivity index (χ3v) is 16.8. The van der Waals surface area contributed by atoms with Crippen molar-refractivity contribution in [3.63, 3.8) is 0 Å². The van der Waals surface area contributed by atoms with Gasteiger partial charge in [0.25, 0.3) is 0 Å². The van der Waals surface area contributed by atoms with Gasteiger partial charge in [0.15, 0.2) is 0 Å². The van der Waals surface area contributed by atoms with Crippen LogP contribution in [0.2, 0.25) is 0 Å². The zero-order valence-electron chi connectivity index (χ0n) is 32.7. The van der Waals surface area contributed by atoms with Gasteiger partial charge in [-0.1, -0.05) is 126 Å². The van der Waals surface area contributed by atoms with E-state index >= 15 is 0 Å². The van der Waals surface area contributed by atoms with Crippen molar-refractivity contribution < 1.29 is 19.7 Å². The fourth-order valence-electron chi connectivity index (χ4n) is 13.8. The zero-order chi connectivity index (χ0) is 35.0. The molecule has 0 amide bonds. The summed E-state index contributed by atoms with van der Waals surface area (Å²) in [5, 5.41) is 22.2. The lowest BCUT2D eigenvalue weighted by Crippen LogP contribution is -2.69. The van der Waals surface area contributed by atoms with Gasteiger partial charge in [-0.25, -0.2) is 0 Å². The van der Waals surface area contributed by atoms with E-state index in [1.165, 1.54) is 89.0 Å². The average Bonchev–Trinajstić information content (AvgIpc) is 3.02. The molecular formula is C44H76O4. The van der Waals surface area contributed by atoms with Crippen LogP contribution in [0.3, 0.4) is 0 Å². The van der Waals surface area contributed by atoms with Gasteiger partial charge in [0.1, 0.15) is 6.10 Å². The van der Waals surface area contributed by atoms with Crippen LogP contribution in [0.15, 0.2) is 11.6 Å². The van der Waals surface area contributed by atoms with Crippen molar-refractivity contribution in [3.05, 3.63) is 11.6 Å². The van der Waals surface area contributed by atoms with Crippen molar-refractivity contribution in [2.75, 3.05) is 6.61 Å². The lowest BCUT2D eigenvalue weighted by atomic mass is 9.31. The van der Waals surface area contributed by atoms with E-state index in [4.69, 9.17) is 4.74 Å². The minimum atomic E-state index is -0.310. The lowest BCUT2D eigenvalue weighted by Gasteiger charge is -2.74. The number of fused-ring (bicyclic) bond motifs is 7. The van der Waals surface area contributed by atoms with Crippen LogP contribution in [0.5, 0.6) is 0 Å². The molecule has 2 N–H and O–H groups in total. The van der Waals surface area contributed by atoms with Gasteiger partial charge in [0, 0.05) is 17.3 Å². The van der Waals surface area contributed by atoms with Crippen molar-refractivity contribution in [1.29, 1.82) is 0 Å². The average molecular weight is 669 g/mol. The highest BCUT2D eigenvalue weighted by atomic mass is 16.5. The molecule has 0 saturated heterocycles. The van der Waals surface area contributed by atoms with Crippen molar-refractivity contribution >= 4 is 5.97 Å². The summed E-state index contributed by atoms with van der Waals surface area (Å²) >= 11 is 0. The van der Waals surface area contributed by atoms with Gasteiger partial charge >= 0.3 is 5.97 Å². The first-order valence-electron chi connectivity index (χ1n) is 20.9. The normalized spacial score (nSPS) is 43.3. The van der Waals surface area contributed by atoms with E-state index in [1.807, 2.05) is 0 Å². The fourth-order valence-corrected chi connectivity index (χ4v) is 13.8. The van der Waals surface area contributed by atoms with E-state index in [1.54, 1.807) is 0 Å². The standard InChI is InChI=1S/C44H76O4/c1-9-10-11-12-13-14-15-16-17-18-19-20-38(47)48-37-25-27-41(5)34(40(37,3)4)24-28-43(7)35(41)22-21-33-39-31(2)32(30-45)23-26-42(39,6)36(46)29-44(33,43)8/h23,31,33-37,39,45-46H,9-22,24-30H2,1-8H3. The largest absolute Gasteiger partial charge is 0.462 e. The second-order valence-corrected chi connectivity index (χ2v) is 19.5. The third kappa shape index (κ3) is 6.63. The van der Waals surface area contributed by atoms with Crippen LogP contribution in [-0.4, -0.2) is 35.0 Å². The first-order chi connectivity index (χ1) is 22.7. The SMILES string of the molecule is CCCCCCCCCCCCCC(=O)OC1CCC2(C)C(CCC3(C)C2CCC2C4C(C)C(CO)=CCC4(C)C(O)CC23C)C1(C)C. The molecule has 276 valence electrons. The van der Waals surface area contributed by atoms with Crippen LogP contribution in [0.25, 0.3) is 0 Å². The van der Waals surface area contributed by atoms with Gasteiger partial charge in [-0.15, -0.1) is 0 Å². The van der Waals surface area contributed by atoms with Gasteiger partial charge in [0.2, 0.25) is 0 Å². The number of ether oxygens (including phenoxy) is 1. The van der Waals surface area contributed by atoms with E-state index in [0.717, 1.165) is 38.5 Å². The summed E-state index contributed by atoms with van der Waals surface area (Å²) in [6, 6.07) is 0. The van der Waals surface area contributed by atoms with Crippen LogP contribution in [-0.2, 0) is 9.53 Å². The first-order valence-corrected chi connectivity index (χ1v) is 20.9. The molecular weight excluding hydrogens is 592 g/mol. The quantitative estimate of drug-likeness (QED) is 0.110. The maximum Gasteiger partial charge on any atom is 0.306 e. The topological polar surface area (TPSA) is 66.8 Å². The number of hydrogen-bond donors (Lipinski definition) is 2.